The van der Waals surface area contributed by atoms with E-state index in [0.717, 1.165) is 19.3 Å². The zero-order chi connectivity index (χ0) is 29.7. The fourth-order valence-electron chi connectivity index (χ4n) is 5.08. The molecule has 1 aliphatic rings. The predicted molar refractivity (Wildman–Crippen MR) is 163 cm³/mol. The van der Waals surface area contributed by atoms with Crippen molar-refractivity contribution in [3.8, 4) is 0 Å². The van der Waals surface area contributed by atoms with Gasteiger partial charge in [-0.2, -0.15) is 0 Å². The van der Waals surface area contributed by atoms with E-state index in [1.807, 2.05) is 0 Å². The molecule has 10 heteroatoms. The molecule has 8 nitrogen and oxygen atoms in total. The largest absolute Gasteiger partial charge is 0.292 e. The van der Waals surface area contributed by atoms with E-state index in [9.17, 15) is 26.4 Å². The number of nitrogens with zero attached hydrogens (tertiary/aromatic N) is 1. The van der Waals surface area contributed by atoms with E-state index in [-0.39, 0.29) is 27.5 Å². The summed E-state index contributed by atoms with van der Waals surface area (Å²) >= 11 is 0. The van der Waals surface area contributed by atoms with Crippen molar-refractivity contribution in [3.63, 3.8) is 0 Å². The lowest BCUT2D eigenvalue weighted by atomic mass is 10.0. The topological polar surface area (TPSA) is 118 Å². The summed E-state index contributed by atoms with van der Waals surface area (Å²) in [7, 11) is -7.72. The zero-order valence-corrected chi connectivity index (χ0v) is 25.8. The Kier molecular flexibility index (Phi) is 12.8. The molecule has 1 amide bonds. The standard InChI is InChI=1S/C31H44N2O6S2/c1-2-3-4-5-6-7-8-9-10-11-12-13-14-17-23-40(36,37)32-27-20-18-19-26(24-27)29(34)25-33-31(35)28-21-15-16-22-30(28)41(33,38)39/h15-16,18-22,24,32H,2-14,17,23,25H2,1H3. The Balaban J connectivity index is 1.36. The minimum absolute atomic E-state index is 0.0119. The minimum atomic E-state index is -4.11. The van der Waals surface area contributed by atoms with Crippen molar-refractivity contribution >= 4 is 37.4 Å². The first kappa shape index (κ1) is 32.8. The number of carbonyl (C=O) groups excluding carboxylic acids is 2. The molecule has 1 aliphatic heterocycles. The third kappa shape index (κ3) is 9.95. The number of sulfonamides is 2. The first-order valence-electron chi connectivity index (χ1n) is 15.0. The van der Waals surface area contributed by atoms with Crippen LogP contribution in [0, 0.1) is 0 Å². The molecule has 2 aromatic carbocycles. The molecule has 2 aromatic rings. The van der Waals surface area contributed by atoms with Gasteiger partial charge in [0, 0.05) is 11.3 Å². The maximum absolute atomic E-state index is 12.9. The summed E-state index contributed by atoms with van der Waals surface area (Å²) < 4.78 is 53.8. The average molecular weight is 605 g/mol. The number of ketones is 1. The molecule has 0 saturated carbocycles. The highest BCUT2D eigenvalue weighted by molar-refractivity contribution is 7.92. The van der Waals surface area contributed by atoms with Crippen LogP contribution in [0.3, 0.4) is 0 Å². The van der Waals surface area contributed by atoms with E-state index >= 15 is 0 Å². The average Bonchev–Trinajstić information content (AvgIpc) is 3.13. The van der Waals surface area contributed by atoms with E-state index < -0.39 is 38.3 Å². The Morgan fingerprint density at radius 1 is 0.780 bits per heavy atom. The van der Waals surface area contributed by atoms with Crippen LogP contribution >= 0.6 is 0 Å². The van der Waals surface area contributed by atoms with Gasteiger partial charge in [-0.3, -0.25) is 14.3 Å². The lowest BCUT2D eigenvalue weighted by Crippen LogP contribution is -2.35. The van der Waals surface area contributed by atoms with Crippen molar-refractivity contribution < 1.29 is 26.4 Å². The third-order valence-electron chi connectivity index (χ3n) is 7.42. The van der Waals surface area contributed by atoms with Gasteiger partial charge in [-0.1, -0.05) is 115 Å². The van der Waals surface area contributed by atoms with Gasteiger partial charge in [-0.15, -0.1) is 0 Å². The van der Waals surface area contributed by atoms with Crippen molar-refractivity contribution in [3.05, 3.63) is 59.7 Å². The van der Waals surface area contributed by atoms with Gasteiger partial charge in [-0.25, -0.2) is 21.1 Å². The second kappa shape index (κ2) is 16.1. The summed E-state index contributed by atoms with van der Waals surface area (Å²) in [6, 6.07) is 11.7. The van der Waals surface area contributed by atoms with E-state index in [1.54, 1.807) is 6.07 Å². The molecule has 1 heterocycles. The zero-order valence-electron chi connectivity index (χ0n) is 24.1. The Labute approximate surface area is 246 Å². The summed E-state index contributed by atoms with van der Waals surface area (Å²) in [6.45, 7) is 1.58. The molecule has 1 N–H and O–H groups in total. The smallest absolute Gasteiger partial charge is 0.269 e. The van der Waals surface area contributed by atoms with Crippen molar-refractivity contribution in [2.24, 2.45) is 0 Å². The van der Waals surface area contributed by atoms with Gasteiger partial charge in [0.15, 0.2) is 5.78 Å². The van der Waals surface area contributed by atoms with Gasteiger partial charge >= 0.3 is 0 Å². The second-order valence-electron chi connectivity index (χ2n) is 10.8. The van der Waals surface area contributed by atoms with Gasteiger partial charge in [0.25, 0.3) is 15.9 Å². The van der Waals surface area contributed by atoms with Crippen molar-refractivity contribution in [2.75, 3.05) is 17.0 Å². The number of Topliss-reactive ketones (excluding diaryl/α,β-unsaturated/α-hetero) is 1. The molecule has 0 bridgehead atoms. The number of fused-ring (bicyclic) bond motifs is 1. The minimum Gasteiger partial charge on any atom is -0.292 e. The molecule has 226 valence electrons. The normalized spacial score (nSPS) is 14.3. The molecule has 0 fully saturated rings. The lowest BCUT2D eigenvalue weighted by Gasteiger charge is -2.15. The molecule has 0 saturated heterocycles. The van der Waals surface area contributed by atoms with Crippen molar-refractivity contribution in [1.29, 1.82) is 0 Å². The van der Waals surface area contributed by atoms with Gasteiger partial charge in [-0.05, 0) is 30.7 Å². The summed E-state index contributed by atoms with van der Waals surface area (Å²) in [5.74, 6) is -1.37. The number of nitrogens with one attached hydrogen (secondary N) is 1. The van der Waals surface area contributed by atoms with Crippen LogP contribution in [-0.2, 0) is 20.0 Å². The number of rotatable bonds is 20. The highest BCUT2D eigenvalue weighted by Crippen LogP contribution is 2.30. The Bertz CT molecular complexity index is 1370. The van der Waals surface area contributed by atoms with Crippen LogP contribution in [0.1, 0.15) is 118 Å². The van der Waals surface area contributed by atoms with Crippen LogP contribution in [-0.4, -0.2) is 45.1 Å². The molecular formula is C31H44N2O6S2. The van der Waals surface area contributed by atoms with Gasteiger partial charge in [0.1, 0.15) is 11.4 Å². The first-order chi connectivity index (χ1) is 19.7. The second-order valence-corrected chi connectivity index (χ2v) is 14.5. The maximum atomic E-state index is 12.9. The third-order valence-corrected chi connectivity index (χ3v) is 10.6. The number of hydrogen-bond acceptors (Lipinski definition) is 6. The monoisotopic (exact) mass is 604 g/mol. The van der Waals surface area contributed by atoms with Crippen LogP contribution in [0.25, 0.3) is 0 Å². The van der Waals surface area contributed by atoms with Gasteiger partial charge in [0.05, 0.1) is 11.3 Å². The lowest BCUT2D eigenvalue weighted by molar-refractivity contribution is 0.0820. The fraction of sp³-hybridized carbons (Fsp3) is 0.548. The van der Waals surface area contributed by atoms with E-state index in [2.05, 4.69) is 11.6 Å². The maximum Gasteiger partial charge on any atom is 0.269 e. The van der Waals surface area contributed by atoms with Crippen LogP contribution in [0.5, 0.6) is 0 Å². The molecule has 0 unspecified atom stereocenters. The molecule has 0 spiro atoms. The number of amides is 1. The molecule has 0 atom stereocenters. The van der Waals surface area contributed by atoms with Crippen molar-refractivity contribution in [2.45, 2.75) is 102 Å². The van der Waals surface area contributed by atoms with Crippen LogP contribution in [0.15, 0.2) is 53.4 Å². The molecule has 0 aromatic heterocycles. The van der Waals surface area contributed by atoms with Gasteiger partial charge in [0.2, 0.25) is 10.0 Å². The first-order valence-corrected chi connectivity index (χ1v) is 18.0. The van der Waals surface area contributed by atoms with Crippen molar-refractivity contribution in [1.82, 2.24) is 4.31 Å². The Hall–Kier alpha value is -2.72. The summed E-state index contributed by atoms with van der Waals surface area (Å²) in [5, 5.41) is 0. The number of anilines is 1. The van der Waals surface area contributed by atoms with E-state index in [1.165, 1.54) is 107 Å². The van der Waals surface area contributed by atoms with E-state index in [0.29, 0.717) is 10.7 Å². The summed E-state index contributed by atoms with van der Waals surface area (Å²) in [5.41, 5.74) is 0.367. The highest BCUT2D eigenvalue weighted by atomic mass is 32.2. The van der Waals surface area contributed by atoms with E-state index in [4.69, 9.17) is 0 Å². The summed E-state index contributed by atoms with van der Waals surface area (Å²) in [6.07, 6.45) is 16.6. The number of unbranched alkanes of at least 4 members (excludes halogenated alkanes) is 13. The Morgan fingerprint density at radius 2 is 1.34 bits per heavy atom. The van der Waals surface area contributed by atoms with Gasteiger partial charge < -0.3 is 0 Å². The molecule has 3 rings (SSSR count). The number of hydrogen-bond donors (Lipinski definition) is 1. The summed E-state index contributed by atoms with van der Waals surface area (Å²) in [4.78, 5) is 25.4. The number of benzene rings is 2. The molecule has 0 radical (unpaired) electrons. The predicted octanol–water partition coefficient (Wildman–Crippen LogP) is 6.94. The van der Waals surface area contributed by atoms with Crippen LogP contribution in [0.4, 0.5) is 5.69 Å². The van der Waals surface area contributed by atoms with Crippen LogP contribution in [0.2, 0.25) is 0 Å². The SMILES string of the molecule is CCCCCCCCCCCCCCCCS(=O)(=O)Nc1cccc(C(=O)CN2C(=O)c3ccccc3S2(=O)=O)c1. The molecule has 41 heavy (non-hydrogen) atoms. The van der Waals surface area contributed by atoms with Crippen LogP contribution < -0.4 is 4.72 Å². The molecule has 0 aliphatic carbocycles. The quantitative estimate of drug-likeness (QED) is 0.129. The number of carbonyl (C=O) groups is 2. The highest BCUT2D eigenvalue weighted by Gasteiger charge is 2.41. The molecular weight excluding hydrogens is 560 g/mol. The fourth-order valence-corrected chi connectivity index (χ4v) is 7.78. The Morgan fingerprint density at radius 3 is 1.93 bits per heavy atom.